The number of anilines is 2. The fourth-order valence-electron chi connectivity index (χ4n) is 4.96. The Bertz CT molecular complexity index is 1440. The third-order valence-electron chi connectivity index (χ3n) is 7.29. The van der Waals surface area contributed by atoms with Gasteiger partial charge in [-0.1, -0.05) is 59.6 Å². The van der Waals surface area contributed by atoms with E-state index in [1.807, 2.05) is 34.6 Å². The van der Waals surface area contributed by atoms with Gasteiger partial charge in [0.1, 0.15) is 17.8 Å². The fraction of sp³-hybridized carbons (Fsp3) is 0.486. The highest BCUT2D eigenvalue weighted by Gasteiger charge is 2.28. The van der Waals surface area contributed by atoms with E-state index in [0.29, 0.717) is 42.0 Å². The number of carbonyl (C=O) groups is 4. The van der Waals surface area contributed by atoms with Crippen molar-refractivity contribution in [1.29, 1.82) is 5.26 Å². The smallest absolute Gasteiger partial charge is 0.326 e. The minimum atomic E-state index is -1.19. The first kappa shape index (κ1) is 39.1. The summed E-state index contributed by atoms with van der Waals surface area (Å²) in [4.78, 5) is 53.3. The molecule has 0 aliphatic rings. The van der Waals surface area contributed by atoms with E-state index >= 15 is 0 Å². The second kappa shape index (κ2) is 18.9. The second-order valence-corrected chi connectivity index (χ2v) is 13.2. The van der Waals surface area contributed by atoms with E-state index in [4.69, 9.17) is 10.00 Å². The normalized spacial score (nSPS) is 13.4. The zero-order valence-electron chi connectivity index (χ0n) is 28.5. The molecule has 0 saturated heterocycles. The molecule has 0 saturated carbocycles. The van der Waals surface area contributed by atoms with E-state index in [9.17, 15) is 29.4 Å². The number of nitriles is 1. The number of carboxylic acid groups (broad SMARTS) is 2. The minimum absolute atomic E-state index is 0.100. The molecule has 0 aromatic heterocycles. The molecule has 260 valence electrons. The lowest BCUT2D eigenvalue weighted by Gasteiger charge is -2.23. The van der Waals surface area contributed by atoms with Crippen LogP contribution in [0.25, 0.3) is 0 Å². The monoisotopic (exact) mass is 664 g/mol. The van der Waals surface area contributed by atoms with Gasteiger partial charge in [-0.3, -0.25) is 9.59 Å². The number of aliphatic carboxylic acids is 2. The number of ether oxygens (including phenoxy) is 1. The molecule has 0 aliphatic heterocycles. The Hall–Kier alpha value is -5.12. The Morgan fingerprint density at radius 3 is 1.79 bits per heavy atom. The molecule has 2 rings (SSSR count). The van der Waals surface area contributed by atoms with Gasteiger partial charge in [0.25, 0.3) is 0 Å². The van der Waals surface area contributed by atoms with Crippen LogP contribution in [0, 0.1) is 22.8 Å². The number of methoxy groups -OCH3 is 1. The van der Waals surface area contributed by atoms with Crippen molar-refractivity contribution in [2.75, 3.05) is 17.7 Å². The van der Waals surface area contributed by atoms with Crippen molar-refractivity contribution in [2.24, 2.45) is 16.3 Å². The largest absolute Gasteiger partial charge is 0.497 e. The highest BCUT2D eigenvalue weighted by Crippen LogP contribution is 2.26. The number of nitrogens with zero attached hydrogens (tertiary/aromatic N) is 2. The van der Waals surface area contributed by atoms with E-state index in [0.717, 1.165) is 0 Å². The second-order valence-electron chi connectivity index (χ2n) is 13.2. The lowest BCUT2D eigenvalue weighted by molar-refractivity contribution is -0.143. The quantitative estimate of drug-likeness (QED) is 0.0556. The van der Waals surface area contributed by atoms with Crippen molar-refractivity contribution < 1.29 is 34.1 Å². The molecule has 0 bridgehead atoms. The third-order valence-corrected chi connectivity index (χ3v) is 7.29. The maximum Gasteiger partial charge on any atom is 0.326 e. The molecule has 0 spiro atoms. The average Bonchev–Trinajstić information content (AvgIpc) is 3.00. The summed E-state index contributed by atoms with van der Waals surface area (Å²) < 4.78 is 5.17. The fourth-order valence-corrected chi connectivity index (χ4v) is 4.96. The number of amides is 2. The number of nitrogens with one attached hydrogen (secondary N) is 4. The van der Waals surface area contributed by atoms with Crippen LogP contribution in [0.3, 0.4) is 0 Å². The van der Waals surface area contributed by atoms with Crippen LogP contribution >= 0.6 is 0 Å². The summed E-state index contributed by atoms with van der Waals surface area (Å²) >= 11 is 0. The van der Waals surface area contributed by atoms with Crippen LogP contribution < -0.4 is 26.0 Å². The summed E-state index contributed by atoms with van der Waals surface area (Å²) in [5, 5.41) is 39.9. The molecular weight excluding hydrogens is 616 g/mol. The van der Waals surface area contributed by atoms with E-state index in [-0.39, 0.29) is 42.5 Å². The summed E-state index contributed by atoms with van der Waals surface area (Å²) in [5.41, 5.74) is 1.68. The highest BCUT2D eigenvalue weighted by molar-refractivity contribution is 6.04. The van der Waals surface area contributed by atoms with Gasteiger partial charge in [-0.2, -0.15) is 5.26 Å². The van der Waals surface area contributed by atoms with E-state index in [2.05, 4.69) is 26.3 Å². The molecule has 2 amide bonds. The number of unbranched alkanes of at least 4 members (excludes halogenated alkanes) is 1. The van der Waals surface area contributed by atoms with Crippen molar-refractivity contribution in [2.45, 2.75) is 91.1 Å². The molecule has 0 heterocycles. The van der Waals surface area contributed by atoms with E-state index < -0.39 is 35.8 Å². The van der Waals surface area contributed by atoms with Crippen LogP contribution in [0.5, 0.6) is 5.75 Å². The van der Waals surface area contributed by atoms with Gasteiger partial charge in [-0.15, -0.1) is 4.99 Å². The number of hydrogen-bond donors (Lipinski definition) is 6. The van der Waals surface area contributed by atoms with Crippen molar-refractivity contribution in [3.63, 3.8) is 0 Å². The standard InChI is InChI=1S/C35H48N6O7/c1-22(2)19-27(23-11-13-24(14-12-23)38-34(37-21-36)39-25-15-17-26(48-6)18-16-25)31(43)41-29(33(46)47)10-8-7-9-28(32(44)45)40-30(42)20-35(3,4)5/h11-18,22,27-29H,7-10,19-20H2,1-6H3,(H,40,42)(H,41,43)(H,44,45)(H,46,47)(H2,37,38,39). The number of carboxylic acids is 2. The molecule has 13 heteroatoms. The molecule has 0 radical (unpaired) electrons. The summed E-state index contributed by atoms with van der Waals surface area (Å²) in [5.74, 6) is -2.74. The SMILES string of the molecule is COc1ccc(NC(=NC#N)Nc2ccc(C(CC(C)C)C(=O)NC(CCCCC(NC(=O)CC(C)(C)C)C(=O)O)C(=O)O)cc2)cc1. The van der Waals surface area contributed by atoms with Crippen LogP contribution in [0.1, 0.15) is 84.6 Å². The first-order chi connectivity index (χ1) is 22.6. The van der Waals surface area contributed by atoms with Crippen molar-refractivity contribution in [1.82, 2.24) is 10.6 Å². The number of rotatable bonds is 17. The maximum atomic E-state index is 13.5. The first-order valence-electron chi connectivity index (χ1n) is 15.9. The number of aliphatic imine (C=N–C) groups is 1. The highest BCUT2D eigenvalue weighted by atomic mass is 16.5. The molecule has 2 aromatic rings. The van der Waals surface area contributed by atoms with Crippen LogP contribution in [-0.4, -0.2) is 59.1 Å². The van der Waals surface area contributed by atoms with Gasteiger partial charge in [-0.25, -0.2) is 9.59 Å². The van der Waals surface area contributed by atoms with Crippen molar-refractivity contribution >= 4 is 41.1 Å². The predicted octanol–water partition coefficient (Wildman–Crippen LogP) is 5.32. The molecule has 13 nitrogen and oxygen atoms in total. The Balaban J connectivity index is 2.05. The van der Waals surface area contributed by atoms with Gasteiger partial charge in [0.2, 0.25) is 24.0 Å². The van der Waals surface area contributed by atoms with Gasteiger partial charge in [-0.05, 0) is 72.6 Å². The lowest BCUT2D eigenvalue weighted by atomic mass is 9.89. The third kappa shape index (κ3) is 14.1. The van der Waals surface area contributed by atoms with Gasteiger partial charge < -0.3 is 36.2 Å². The zero-order valence-corrected chi connectivity index (χ0v) is 28.5. The molecule has 48 heavy (non-hydrogen) atoms. The Morgan fingerprint density at radius 1 is 0.854 bits per heavy atom. The minimum Gasteiger partial charge on any atom is -0.497 e. The number of guanidine groups is 1. The van der Waals surface area contributed by atoms with Crippen LogP contribution in [0.2, 0.25) is 0 Å². The topological polar surface area (TPSA) is 202 Å². The number of carbonyl (C=O) groups excluding carboxylic acids is 2. The molecule has 2 aromatic carbocycles. The molecular formula is C35H48N6O7. The van der Waals surface area contributed by atoms with Gasteiger partial charge in [0, 0.05) is 17.8 Å². The number of hydrogen-bond acceptors (Lipinski definition) is 7. The zero-order chi connectivity index (χ0) is 35.9. The van der Waals surface area contributed by atoms with Crippen molar-refractivity contribution in [3.05, 3.63) is 54.1 Å². The number of benzene rings is 2. The first-order valence-corrected chi connectivity index (χ1v) is 15.9. The molecule has 0 fully saturated rings. The van der Waals surface area contributed by atoms with E-state index in [1.165, 1.54) is 0 Å². The van der Waals surface area contributed by atoms with Crippen molar-refractivity contribution in [3.8, 4) is 11.9 Å². The molecule has 3 unspecified atom stereocenters. The summed E-state index contributed by atoms with van der Waals surface area (Å²) in [6.45, 7) is 9.59. The summed E-state index contributed by atoms with van der Waals surface area (Å²) in [7, 11) is 1.57. The van der Waals surface area contributed by atoms with Gasteiger partial charge in [0.15, 0.2) is 0 Å². The van der Waals surface area contributed by atoms with Gasteiger partial charge in [0.05, 0.1) is 13.0 Å². The van der Waals surface area contributed by atoms with Crippen LogP contribution in [0.15, 0.2) is 53.5 Å². The molecule has 0 aliphatic carbocycles. The Labute approximate surface area is 282 Å². The Morgan fingerprint density at radius 2 is 1.35 bits per heavy atom. The van der Waals surface area contributed by atoms with Gasteiger partial charge >= 0.3 is 11.9 Å². The lowest BCUT2D eigenvalue weighted by Crippen LogP contribution is -2.43. The predicted molar refractivity (Wildman–Crippen MR) is 184 cm³/mol. The van der Waals surface area contributed by atoms with Crippen LogP contribution in [-0.2, 0) is 19.2 Å². The maximum absolute atomic E-state index is 13.5. The van der Waals surface area contributed by atoms with Crippen LogP contribution in [0.4, 0.5) is 11.4 Å². The Kier molecular flexibility index (Phi) is 15.4. The molecule has 3 atom stereocenters. The van der Waals surface area contributed by atoms with E-state index in [1.54, 1.807) is 61.8 Å². The summed E-state index contributed by atoms with van der Waals surface area (Å²) in [6, 6.07) is 11.9. The molecule has 6 N–H and O–H groups in total. The average molecular weight is 665 g/mol. The summed E-state index contributed by atoms with van der Waals surface area (Å²) in [6.07, 6.45) is 3.33.